The van der Waals surface area contributed by atoms with Crippen LogP contribution in [0.25, 0.3) is 11.3 Å². The van der Waals surface area contributed by atoms with Crippen molar-refractivity contribution in [2.24, 2.45) is 7.05 Å². The maximum absolute atomic E-state index is 5.73. The first-order valence-electron chi connectivity index (χ1n) is 7.41. The van der Waals surface area contributed by atoms with E-state index in [1.165, 1.54) is 0 Å². The van der Waals surface area contributed by atoms with Crippen LogP contribution >= 0.6 is 0 Å². The molecule has 0 spiro atoms. The highest BCUT2D eigenvalue weighted by atomic mass is 16.5. The van der Waals surface area contributed by atoms with Gasteiger partial charge >= 0.3 is 0 Å². The number of nitrogens with one attached hydrogen (secondary N) is 1. The van der Waals surface area contributed by atoms with Gasteiger partial charge in [0.05, 0.1) is 11.9 Å². The van der Waals surface area contributed by atoms with Gasteiger partial charge in [-0.2, -0.15) is 5.10 Å². The summed E-state index contributed by atoms with van der Waals surface area (Å²) in [6.45, 7) is 7.57. The Hall–Kier alpha value is -1.95. The van der Waals surface area contributed by atoms with Crippen LogP contribution in [0.3, 0.4) is 0 Å². The van der Waals surface area contributed by atoms with Crippen LogP contribution < -0.4 is 5.32 Å². The van der Waals surface area contributed by atoms with Crippen molar-refractivity contribution >= 4 is 5.82 Å². The van der Waals surface area contributed by atoms with Crippen LogP contribution in [0.4, 0.5) is 5.82 Å². The molecule has 1 atom stereocenters. The molecule has 0 aliphatic heterocycles. The van der Waals surface area contributed by atoms with Crippen LogP contribution in [0.15, 0.2) is 18.5 Å². The monoisotopic (exact) mass is 289 g/mol. The average Bonchev–Trinajstić information content (AvgIpc) is 2.91. The fourth-order valence-corrected chi connectivity index (χ4v) is 2.16. The maximum Gasteiger partial charge on any atom is 0.160 e. The Morgan fingerprint density at radius 3 is 2.67 bits per heavy atom. The van der Waals surface area contributed by atoms with Gasteiger partial charge in [-0.1, -0.05) is 6.92 Å². The van der Waals surface area contributed by atoms with Crippen molar-refractivity contribution in [3.05, 3.63) is 24.3 Å². The molecule has 0 saturated carbocycles. The molecule has 2 aromatic rings. The number of hydrogen-bond donors (Lipinski definition) is 1. The van der Waals surface area contributed by atoms with Gasteiger partial charge in [-0.25, -0.2) is 9.97 Å². The van der Waals surface area contributed by atoms with E-state index in [9.17, 15) is 0 Å². The Morgan fingerprint density at radius 2 is 2.10 bits per heavy atom. The molecule has 0 saturated heterocycles. The highest BCUT2D eigenvalue weighted by molar-refractivity contribution is 5.61. The first-order valence-corrected chi connectivity index (χ1v) is 7.41. The van der Waals surface area contributed by atoms with Gasteiger partial charge in [0, 0.05) is 38.0 Å². The molecule has 6 heteroatoms. The molecule has 0 aromatic carbocycles. The second kappa shape index (κ2) is 7.17. The molecule has 1 N–H and O–H groups in total. The highest BCUT2D eigenvalue weighted by Gasteiger charge is 2.16. The fraction of sp³-hybridized carbons (Fsp3) is 0.533. The van der Waals surface area contributed by atoms with E-state index in [0.29, 0.717) is 6.61 Å². The normalized spacial score (nSPS) is 12.4. The van der Waals surface area contributed by atoms with E-state index in [0.717, 1.165) is 35.9 Å². The molecule has 21 heavy (non-hydrogen) atoms. The predicted molar refractivity (Wildman–Crippen MR) is 83.1 cm³/mol. The van der Waals surface area contributed by atoms with Gasteiger partial charge in [-0.05, 0) is 20.3 Å². The van der Waals surface area contributed by atoms with Crippen molar-refractivity contribution in [3.63, 3.8) is 0 Å². The molecular formula is C15H23N5O. The number of aryl methyl sites for hydroxylation is 1. The molecule has 0 radical (unpaired) electrons. The molecule has 0 aliphatic rings. The van der Waals surface area contributed by atoms with Crippen molar-refractivity contribution < 1.29 is 4.74 Å². The minimum Gasteiger partial charge on any atom is -0.371 e. The number of hydrogen-bond acceptors (Lipinski definition) is 5. The SMILES string of the molecule is CCNc1cc(-c2cnn(C)c2)nc(C(CC)OCC)n1. The van der Waals surface area contributed by atoms with Crippen LogP contribution in [-0.4, -0.2) is 32.9 Å². The quantitative estimate of drug-likeness (QED) is 0.849. The number of anilines is 1. The lowest BCUT2D eigenvalue weighted by molar-refractivity contribution is 0.0536. The largest absolute Gasteiger partial charge is 0.371 e. The molecule has 2 heterocycles. The smallest absolute Gasteiger partial charge is 0.160 e. The molecule has 2 rings (SSSR count). The summed E-state index contributed by atoms with van der Waals surface area (Å²) in [5, 5.41) is 7.46. The third-order valence-corrected chi connectivity index (χ3v) is 3.13. The standard InChI is InChI=1S/C15H23N5O/c1-5-13(21-7-3)15-18-12(8-14(19-15)16-6-2)11-9-17-20(4)10-11/h8-10,13H,5-7H2,1-4H3,(H,16,18,19). The third-order valence-electron chi connectivity index (χ3n) is 3.13. The Labute approximate surface area is 125 Å². The zero-order valence-electron chi connectivity index (χ0n) is 13.1. The second-order valence-electron chi connectivity index (χ2n) is 4.78. The highest BCUT2D eigenvalue weighted by Crippen LogP contribution is 2.24. The minimum atomic E-state index is -0.0796. The van der Waals surface area contributed by atoms with Crippen LogP contribution in [0.1, 0.15) is 39.1 Å². The zero-order chi connectivity index (χ0) is 15.2. The number of ether oxygens (including phenoxy) is 1. The van der Waals surface area contributed by atoms with E-state index < -0.39 is 0 Å². The van der Waals surface area contributed by atoms with Crippen molar-refractivity contribution in [1.82, 2.24) is 19.7 Å². The first-order chi connectivity index (χ1) is 10.2. The van der Waals surface area contributed by atoms with E-state index in [1.54, 1.807) is 4.68 Å². The summed E-state index contributed by atoms with van der Waals surface area (Å²) in [4.78, 5) is 9.23. The lowest BCUT2D eigenvalue weighted by atomic mass is 10.2. The summed E-state index contributed by atoms with van der Waals surface area (Å²) in [7, 11) is 1.89. The molecule has 2 aromatic heterocycles. The minimum absolute atomic E-state index is 0.0796. The van der Waals surface area contributed by atoms with Gasteiger partial charge < -0.3 is 10.1 Å². The topological polar surface area (TPSA) is 64.9 Å². The lowest BCUT2D eigenvalue weighted by Crippen LogP contribution is -2.11. The van der Waals surface area contributed by atoms with E-state index in [4.69, 9.17) is 4.74 Å². The maximum atomic E-state index is 5.73. The first kappa shape index (κ1) is 15.4. The summed E-state index contributed by atoms with van der Waals surface area (Å²) >= 11 is 0. The van der Waals surface area contributed by atoms with E-state index in [2.05, 4.69) is 27.3 Å². The van der Waals surface area contributed by atoms with Crippen LogP contribution in [-0.2, 0) is 11.8 Å². The second-order valence-corrected chi connectivity index (χ2v) is 4.78. The summed E-state index contributed by atoms with van der Waals surface area (Å²) in [6, 6.07) is 1.95. The van der Waals surface area contributed by atoms with Crippen molar-refractivity contribution in [2.75, 3.05) is 18.5 Å². The van der Waals surface area contributed by atoms with Crippen LogP contribution in [0, 0.1) is 0 Å². The van der Waals surface area contributed by atoms with Gasteiger partial charge in [-0.15, -0.1) is 0 Å². The molecule has 0 bridgehead atoms. The van der Waals surface area contributed by atoms with E-state index in [1.807, 2.05) is 39.4 Å². The van der Waals surface area contributed by atoms with Gasteiger partial charge in [0.15, 0.2) is 5.82 Å². The van der Waals surface area contributed by atoms with Gasteiger partial charge in [0.2, 0.25) is 0 Å². The van der Waals surface area contributed by atoms with Gasteiger partial charge in [-0.3, -0.25) is 4.68 Å². The Bertz CT molecular complexity index is 581. The summed E-state index contributed by atoms with van der Waals surface area (Å²) in [5.41, 5.74) is 1.84. The third kappa shape index (κ3) is 3.78. The Kier molecular flexibility index (Phi) is 5.27. The van der Waals surface area contributed by atoms with Crippen molar-refractivity contribution in [1.29, 1.82) is 0 Å². The van der Waals surface area contributed by atoms with Gasteiger partial charge in [0.25, 0.3) is 0 Å². The summed E-state index contributed by atoms with van der Waals surface area (Å²) < 4.78 is 7.50. The summed E-state index contributed by atoms with van der Waals surface area (Å²) in [6.07, 6.45) is 4.52. The van der Waals surface area contributed by atoms with Crippen molar-refractivity contribution in [2.45, 2.75) is 33.3 Å². The molecule has 0 amide bonds. The number of rotatable bonds is 7. The van der Waals surface area contributed by atoms with Crippen LogP contribution in [0.2, 0.25) is 0 Å². The predicted octanol–water partition coefficient (Wildman–Crippen LogP) is 2.80. The van der Waals surface area contributed by atoms with Crippen LogP contribution in [0.5, 0.6) is 0 Å². The average molecular weight is 289 g/mol. The fourth-order valence-electron chi connectivity index (χ4n) is 2.16. The molecule has 114 valence electrons. The number of aromatic nitrogens is 4. The molecule has 1 unspecified atom stereocenters. The van der Waals surface area contributed by atoms with E-state index in [-0.39, 0.29) is 6.10 Å². The molecular weight excluding hydrogens is 266 g/mol. The lowest BCUT2D eigenvalue weighted by Gasteiger charge is -2.15. The van der Waals surface area contributed by atoms with E-state index >= 15 is 0 Å². The van der Waals surface area contributed by atoms with Gasteiger partial charge in [0.1, 0.15) is 11.9 Å². The number of nitrogens with zero attached hydrogens (tertiary/aromatic N) is 4. The molecule has 0 aliphatic carbocycles. The Balaban J connectivity index is 2.42. The molecule has 6 nitrogen and oxygen atoms in total. The van der Waals surface area contributed by atoms with Crippen molar-refractivity contribution in [3.8, 4) is 11.3 Å². The zero-order valence-corrected chi connectivity index (χ0v) is 13.1. The Morgan fingerprint density at radius 1 is 1.29 bits per heavy atom. The summed E-state index contributed by atoms with van der Waals surface area (Å²) in [5.74, 6) is 1.54. The molecule has 0 fully saturated rings.